The number of allylic oxidation sites excluding steroid dienone is 2. The van der Waals surface area contributed by atoms with Gasteiger partial charge in [-0.15, -0.1) is 5.10 Å². The van der Waals surface area contributed by atoms with Crippen molar-refractivity contribution < 1.29 is 9.47 Å². The number of fused-ring (bicyclic) bond motifs is 6. The van der Waals surface area contributed by atoms with Gasteiger partial charge in [0.15, 0.2) is 11.5 Å². The molecule has 3 aliphatic rings. The molecule has 8 nitrogen and oxygen atoms in total. The largest absolute Gasteiger partial charge is 0.493 e. The predicted octanol–water partition coefficient (Wildman–Crippen LogP) is 8.90. The van der Waals surface area contributed by atoms with Gasteiger partial charge < -0.3 is 15.2 Å². The third kappa shape index (κ3) is 7.15. The van der Waals surface area contributed by atoms with E-state index in [1.165, 1.54) is 34.4 Å². The molecule has 1 aliphatic heterocycles. The molecule has 270 valence electrons. The summed E-state index contributed by atoms with van der Waals surface area (Å²) in [6.07, 6.45) is 15.4. The minimum absolute atomic E-state index is 0.195. The highest BCUT2D eigenvalue weighted by Crippen LogP contribution is 2.47. The second-order valence-corrected chi connectivity index (χ2v) is 15.3. The SMILES string of the molecule is COc1cc2c(cc1OC)C(c1ccccc1)N(CCCCc1cn(CCCCC3=CC4Cc5nc6cc(Cl)ccc6c(N)c5C(C3)C4)nn1)CC2. The number of hydrogen-bond acceptors (Lipinski definition) is 7. The van der Waals surface area contributed by atoms with Gasteiger partial charge in [0.25, 0.3) is 0 Å². The number of rotatable bonds is 13. The Kier molecular flexibility index (Phi) is 10.2. The molecule has 9 heteroatoms. The molecular weight excluding hydrogens is 668 g/mol. The molecule has 3 heterocycles. The average molecular weight is 717 g/mol. The van der Waals surface area contributed by atoms with Crippen LogP contribution < -0.4 is 15.2 Å². The van der Waals surface area contributed by atoms with Crippen LogP contribution in [0.5, 0.6) is 11.5 Å². The van der Waals surface area contributed by atoms with Crippen molar-refractivity contribution in [1.29, 1.82) is 0 Å². The maximum Gasteiger partial charge on any atom is 0.161 e. The zero-order valence-corrected chi connectivity index (χ0v) is 31.1. The van der Waals surface area contributed by atoms with E-state index < -0.39 is 0 Å². The van der Waals surface area contributed by atoms with Gasteiger partial charge in [-0.1, -0.05) is 58.8 Å². The molecule has 2 aliphatic carbocycles. The van der Waals surface area contributed by atoms with E-state index >= 15 is 0 Å². The smallest absolute Gasteiger partial charge is 0.161 e. The van der Waals surface area contributed by atoms with Crippen molar-refractivity contribution in [3.8, 4) is 11.5 Å². The van der Waals surface area contributed by atoms with Crippen molar-refractivity contribution in [2.24, 2.45) is 5.92 Å². The predicted molar refractivity (Wildman–Crippen MR) is 208 cm³/mol. The summed E-state index contributed by atoms with van der Waals surface area (Å²) in [4.78, 5) is 7.64. The van der Waals surface area contributed by atoms with E-state index in [0.29, 0.717) is 16.9 Å². The summed E-state index contributed by atoms with van der Waals surface area (Å²) in [6.45, 7) is 2.95. The Morgan fingerprint density at radius 1 is 0.904 bits per heavy atom. The first-order chi connectivity index (χ1) is 25.5. The number of nitrogens with zero attached hydrogens (tertiary/aromatic N) is 5. The second-order valence-electron chi connectivity index (χ2n) is 14.9. The molecule has 2 bridgehead atoms. The van der Waals surface area contributed by atoms with E-state index in [9.17, 15) is 0 Å². The molecule has 3 atom stereocenters. The zero-order chi connectivity index (χ0) is 35.6. The maximum atomic E-state index is 6.76. The topological polar surface area (TPSA) is 91.3 Å². The van der Waals surface area contributed by atoms with Crippen molar-refractivity contribution in [2.45, 2.75) is 82.7 Å². The highest BCUT2D eigenvalue weighted by atomic mass is 35.5. The van der Waals surface area contributed by atoms with Gasteiger partial charge in [0.1, 0.15) is 0 Å². The summed E-state index contributed by atoms with van der Waals surface area (Å²) in [6, 6.07) is 21.2. The van der Waals surface area contributed by atoms with Crippen LogP contribution in [0.15, 0.2) is 78.5 Å². The summed E-state index contributed by atoms with van der Waals surface area (Å²) in [5, 5.41) is 10.7. The number of nitrogen functional groups attached to an aromatic ring is 1. The molecule has 3 aromatic carbocycles. The molecule has 0 saturated carbocycles. The van der Waals surface area contributed by atoms with Crippen LogP contribution in [-0.4, -0.2) is 52.2 Å². The Labute approximate surface area is 312 Å². The lowest BCUT2D eigenvalue weighted by Crippen LogP contribution is -2.37. The van der Waals surface area contributed by atoms with Crippen LogP contribution in [0.25, 0.3) is 10.9 Å². The van der Waals surface area contributed by atoms with Crippen LogP contribution in [0.2, 0.25) is 5.02 Å². The zero-order valence-electron chi connectivity index (χ0n) is 30.4. The molecule has 0 saturated heterocycles. The lowest BCUT2D eigenvalue weighted by molar-refractivity contribution is 0.208. The molecule has 0 amide bonds. The highest BCUT2D eigenvalue weighted by Gasteiger charge is 2.34. The van der Waals surface area contributed by atoms with E-state index in [1.54, 1.807) is 19.8 Å². The molecule has 8 rings (SSSR count). The number of ether oxygens (including phenoxy) is 2. The number of pyridine rings is 1. The highest BCUT2D eigenvalue weighted by molar-refractivity contribution is 6.31. The first-order valence-electron chi connectivity index (χ1n) is 19.0. The number of hydrogen-bond donors (Lipinski definition) is 1. The third-order valence-corrected chi connectivity index (χ3v) is 11.7. The number of unbranched alkanes of at least 4 members (excludes halogenated alkanes) is 2. The van der Waals surface area contributed by atoms with Crippen LogP contribution in [0, 0.1) is 5.92 Å². The molecule has 0 fully saturated rings. The molecule has 0 spiro atoms. The number of anilines is 1. The van der Waals surface area contributed by atoms with Crippen LogP contribution >= 0.6 is 11.6 Å². The number of aryl methyl sites for hydroxylation is 2. The molecular formula is C43H49ClN6O2. The van der Waals surface area contributed by atoms with E-state index in [1.807, 2.05) is 22.9 Å². The van der Waals surface area contributed by atoms with Crippen molar-refractivity contribution in [3.05, 3.63) is 117 Å². The van der Waals surface area contributed by atoms with Gasteiger partial charge in [0, 0.05) is 46.6 Å². The summed E-state index contributed by atoms with van der Waals surface area (Å²) in [5.74, 6) is 2.59. The molecule has 2 aromatic heterocycles. The summed E-state index contributed by atoms with van der Waals surface area (Å²) < 4.78 is 13.4. The van der Waals surface area contributed by atoms with Gasteiger partial charge >= 0.3 is 0 Å². The van der Waals surface area contributed by atoms with Crippen molar-refractivity contribution in [3.63, 3.8) is 0 Å². The van der Waals surface area contributed by atoms with Crippen molar-refractivity contribution in [2.75, 3.05) is 33.0 Å². The number of halogens is 1. The minimum Gasteiger partial charge on any atom is -0.493 e. The van der Waals surface area contributed by atoms with E-state index in [2.05, 4.69) is 69.9 Å². The molecule has 5 aromatic rings. The van der Waals surface area contributed by atoms with Gasteiger partial charge in [-0.2, -0.15) is 0 Å². The molecule has 2 N–H and O–H groups in total. The Bertz CT molecular complexity index is 2080. The minimum atomic E-state index is 0.195. The van der Waals surface area contributed by atoms with Gasteiger partial charge in [-0.25, -0.2) is 0 Å². The van der Waals surface area contributed by atoms with Gasteiger partial charge in [0.2, 0.25) is 0 Å². The van der Waals surface area contributed by atoms with Crippen LogP contribution in [0.1, 0.15) is 90.5 Å². The quantitative estimate of drug-likeness (QED) is 0.0961. The Morgan fingerprint density at radius 2 is 1.71 bits per heavy atom. The first kappa shape index (κ1) is 34.7. The van der Waals surface area contributed by atoms with E-state index in [0.717, 1.165) is 111 Å². The lowest BCUT2D eigenvalue weighted by Gasteiger charge is -2.38. The van der Waals surface area contributed by atoms with Gasteiger partial charge in [0.05, 0.1) is 31.5 Å². The van der Waals surface area contributed by atoms with Crippen LogP contribution in [0.3, 0.4) is 0 Å². The fourth-order valence-electron chi connectivity index (χ4n) is 9.05. The summed E-state index contributed by atoms with van der Waals surface area (Å²) >= 11 is 6.26. The monoisotopic (exact) mass is 716 g/mol. The van der Waals surface area contributed by atoms with Crippen LogP contribution in [0.4, 0.5) is 5.69 Å². The fraction of sp³-hybridized carbons (Fsp3) is 0.419. The Morgan fingerprint density at radius 3 is 2.56 bits per heavy atom. The fourth-order valence-corrected chi connectivity index (χ4v) is 9.21. The lowest BCUT2D eigenvalue weighted by atomic mass is 9.70. The van der Waals surface area contributed by atoms with Crippen molar-refractivity contribution in [1.82, 2.24) is 24.9 Å². The third-order valence-electron chi connectivity index (χ3n) is 11.5. The number of benzene rings is 3. The van der Waals surface area contributed by atoms with Crippen LogP contribution in [-0.2, 0) is 25.8 Å². The number of aromatic nitrogens is 4. The molecule has 0 radical (unpaired) electrons. The second kappa shape index (κ2) is 15.3. The maximum absolute atomic E-state index is 6.76. The summed E-state index contributed by atoms with van der Waals surface area (Å²) in [5.41, 5.74) is 17.7. The summed E-state index contributed by atoms with van der Waals surface area (Å²) in [7, 11) is 3.42. The Balaban J connectivity index is 0.814. The van der Waals surface area contributed by atoms with Gasteiger partial charge in [-0.3, -0.25) is 14.6 Å². The molecule has 52 heavy (non-hydrogen) atoms. The van der Waals surface area contributed by atoms with E-state index in [-0.39, 0.29) is 6.04 Å². The standard InChI is InChI=1S/C43H49ClN6O2/c1-51-39-24-31-16-19-49(43(30-11-4-3-5-12-30)36(31)26-40(39)52-2)17-8-7-13-34-27-50(48-47-34)18-9-6-10-28-20-29-22-32(21-28)41-38(23-29)46-37-25-33(44)14-15-35(37)42(41)45/h3-5,11-12,14-15,20,24-27,29,32,43H,6-10,13,16-19,21-23H2,1-2H3,(H2,45,46). The number of nitrogens with two attached hydrogens (primary N) is 1. The Hall–Kier alpha value is -4.40. The van der Waals surface area contributed by atoms with Crippen molar-refractivity contribution >= 4 is 28.2 Å². The normalized spacial score (nSPS) is 19.6. The van der Waals surface area contributed by atoms with E-state index in [4.69, 9.17) is 31.8 Å². The number of methoxy groups -OCH3 is 2. The average Bonchev–Trinajstić information content (AvgIpc) is 3.61. The first-order valence-corrected chi connectivity index (χ1v) is 19.3. The van der Waals surface area contributed by atoms with Gasteiger partial charge in [-0.05, 0) is 130 Å². The molecule has 3 unspecified atom stereocenters.